The third-order valence-corrected chi connectivity index (χ3v) is 5.59. The zero-order valence-corrected chi connectivity index (χ0v) is 11.5. The summed E-state index contributed by atoms with van der Waals surface area (Å²) >= 11 is 0. The molecular weight excluding hydrogens is 234 g/mol. The molecule has 3 aliphatic rings. The molecule has 0 amide bonds. The van der Waals surface area contributed by atoms with Crippen molar-refractivity contribution in [3.05, 3.63) is 29.3 Å². The predicted molar refractivity (Wildman–Crippen MR) is 76.1 cm³/mol. The number of rotatable bonds is 3. The Balaban J connectivity index is 1.52. The van der Waals surface area contributed by atoms with E-state index >= 15 is 0 Å². The van der Waals surface area contributed by atoms with Crippen molar-refractivity contribution >= 4 is 0 Å². The third-order valence-electron chi connectivity index (χ3n) is 5.59. The fraction of sp³-hybridized carbons (Fsp3) is 0.647. The van der Waals surface area contributed by atoms with Gasteiger partial charge in [0.15, 0.2) is 0 Å². The minimum absolute atomic E-state index is 0.164. The van der Waals surface area contributed by atoms with Crippen LogP contribution < -0.4 is 10.5 Å². The van der Waals surface area contributed by atoms with E-state index in [1.54, 1.807) is 0 Å². The van der Waals surface area contributed by atoms with Crippen LogP contribution in [0.5, 0.6) is 5.75 Å². The summed E-state index contributed by atoms with van der Waals surface area (Å²) in [6, 6.07) is 6.65. The van der Waals surface area contributed by atoms with Gasteiger partial charge in [0.25, 0.3) is 0 Å². The standard InChI is InChI=1S/C17H23NO/c18-16(10-14-9-11-4-5-13(14)8-11)15-3-1-2-12-6-7-19-17(12)15/h1-3,11,13-14,16H,4-10,18H2. The van der Waals surface area contributed by atoms with Crippen LogP contribution in [0.3, 0.4) is 0 Å². The molecule has 0 spiro atoms. The first kappa shape index (κ1) is 11.8. The first-order valence-corrected chi connectivity index (χ1v) is 7.81. The summed E-state index contributed by atoms with van der Waals surface area (Å²) in [4.78, 5) is 0. The number of ether oxygens (including phenoxy) is 1. The molecule has 2 nitrogen and oxygen atoms in total. The van der Waals surface area contributed by atoms with Gasteiger partial charge in [0.2, 0.25) is 0 Å². The molecule has 0 saturated heterocycles. The monoisotopic (exact) mass is 257 g/mol. The quantitative estimate of drug-likeness (QED) is 0.900. The Kier molecular flexibility index (Phi) is 2.80. The highest BCUT2D eigenvalue weighted by Crippen LogP contribution is 2.51. The molecular formula is C17H23NO. The number of hydrogen-bond acceptors (Lipinski definition) is 2. The van der Waals surface area contributed by atoms with Crippen LogP contribution in [0.2, 0.25) is 0 Å². The predicted octanol–water partition coefficient (Wildman–Crippen LogP) is 3.45. The van der Waals surface area contributed by atoms with Crippen molar-refractivity contribution in [3.8, 4) is 5.75 Å². The van der Waals surface area contributed by atoms with Gasteiger partial charge in [-0.15, -0.1) is 0 Å². The fourth-order valence-corrected chi connectivity index (χ4v) is 4.65. The van der Waals surface area contributed by atoms with E-state index in [1.807, 2.05) is 0 Å². The average molecular weight is 257 g/mol. The molecule has 1 aromatic carbocycles. The molecule has 2 N–H and O–H groups in total. The molecule has 2 fully saturated rings. The van der Waals surface area contributed by atoms with E-state index in [9.17, 15) is 0 Å². The average Bonchev–Trinajstić information content (AvgIpc) is 3.13. The van der Waals surface area contributed by atoms with Gasteiger partial charge < -0.3 is 10.5 Å². The zero-order valence-electron chi connectivity index (χ0n) is 11.5. The highest BCUT2D eigenvalue weighted by atomic mass is 16.5. The minimum Gasteiger partial charge on any atom is -0.493 e. The van der Waals surface area contributed by atoms with Crippen molar-refractivity contribution in [1.29, 1.82) is 0 Å². The second kappa shape index (κ2) is 4.52. The minimum atomic E-state index is 0.164. The Morgan fingerprint density at radius 3 is 3.00 bits per heavy atom. The number of fused-ring (bicyclic) bond motifs is 3. The van der Waals surface area contributed by atoms with E-state index in [1.165, 1.54) is 36.8 Å². The van der Waals surface area contributed by atoms with Crippen molar-refractivity contribution in [2.75, 3.05) is 6.61 Å². The van der Waals surface area contributed by atoms with Crippen molar-refractivity contribution in [2.45, 2.75) is 44.6 Å². The lowest BCUT2D eigenvalue weighted by Crippen LogP contribution is -2.20. The SMILES string of the molecule is NC(CC1CC2CCC1C2)c1cccc2c1OCC2. The van der Waals surface area contributed by atoms with Crippen LogP contribution >= 0.6 is 0 Å². The van der Waals surface area contributed by atoms with Crippen LogP contribution in [0.4, 0.5) is 0 Å². The Morgan fingerprint density at radius 1 is 1.26 bits per heavy atom. The lowest BCUT2D eigenvalue weighted by molar-refractivity contribution is 0.291. The lowest BCUT2D eigenvalue weighted by atomic mass is 9.82. The summed E-state index contributed by atoms with van der Waals surface area (Å²) in [5, 5.41) is 0. The molecule has 102 valence electrons. The van der Waals surface area contributed by atoms with Gasteiger partial charge in [-0.3, -0.25) is 0 Å². The Hall–Kier alpha value is -1.02. The van der Waals surface area contributed by atoms with Gasteiger partial charge in [-0.2, -0.15) is 0 Å². The molecule has 1 heterocycles. The summed E-state index contributed by atoms with van der Waals surface area (Å²) in [6.07, 6.45) is 8.02. The van der Waals surface area contributed by atoms with Crippen molar-refractivity contribution in [2.24, 2.45) is 23.5 Å². The van der Waals surface area contributed by atoms with Crippen LogP contribution in [0, 0.1) is 17.8 Å². The van der Waals surface area contributed by atoms with Gasteiger partial charge in [-0.05, 0) is 49.0 Å². The second-order valence-corrected chi connectivity index (χ2v) is 6.71. The first-order valence-electron chi connectivity index (χ1n) is 7.81. The molecule has 4 unspecified atom stereocenters. The van der Waals surface area contributed by atoms with Crippen LogP contribution in [-0.4, -0.2) is 6.61 Å². The summed E-state index contributed by atoms with van der Waals surface area (Å²) in [7, 11) is 0. The lowest BCUT2D eigenvalue weighted by Gasteiger charge is -2.25. The van der Waals surface area contributed by atoms with E-state index in [4.69, 9.17) is 10.5 Å². The molecule has 0 radical (unpaired) electrons. The van der Waals surface area contributed by atoms with Crippen LogP contribution in [0.15, 0.2) is 18.2 Å². The maximum Gasteiger partial charge on any atom is 0.127 e. The smallest absolute Gasteiger partial charge is 0.127 e. The van der Waals surface area contributed by atoms with Gasteiger partial charge in [0.1, 0.15) is 5.75 Å². The van der Waals surface area contributed by atoms with Gasteiger partial charge in [0, 0.05) is 18.0 Å². The summed E-state index contributed by atoms with van der Waals surface area (Å²) in [5.41, 5.74) is 9.10. The summed E-state index contributed by atoms with van der Waals surface area (Å²) in [6.45, 7) is 0.827. The van der Waals surface area contributed by atoms with Crippen LogP contribution in [0.1, 0.15) is 49.3 Å². The molecule has 2 bridgehead atoms. The topological polar surface area (TPSA) is 35.2 Å². The fourth-order valence-electron chi connectivity index (χ4n) is 4.65. The van der Waals surface area contributed by atoms with E-state index in [0.717, 1.165) is 43.0 Å². The molecule has 2 heteroatoms. The second-order valence-electron chi connectivity index (χ2n) is 6.71. The summed E-state index contributed by atoms with van der Waals surface area (Å²) < 4.78 is 5.80. The highest BCUT2D eigenvalue weighted by molar-refractivity contribution is 5.45. The zero-order chi connectivity index (χ0) is 12.8. The number of nitrogens with two attached hydrogens (primary N) is 1. The molecule has 2 saturated carbocycles. The van der Waals surface area contributed by atoms with Gasteiger partial charge in [-0.25, -0.2) is 0 Å². The molecule has 4 rings (SSSR count). The van der Waals surface area contributed by atoms with Gasteiger partial charge in [-0.1, -0.05) is 24.6 Å². The molecule has 0 aromatic heterocycles. The van der Waals surface area contributed by atoms with E-state index < -0.39 is 0 Å². The Morgan fingerprint density at radius 2 is 2.21 bits per heavy atom. The number of hydrogen-bond donors (Lipinski definition) is 1. The van der Waals surface area contributed by atoms with Crippen molar-refractivity contribution < 1.29 is 4.74 Å². The maximum absolute atomic E-state index is 6.50. The largest absolute Gasteiger partial charge is 0.493 e. The maximum atomic E-state index is 6.50. The normalized spacial score (nSPS) is 33.2. The molecule has 2 aliphatic carbocycles. The van der Waals surface area contributed by atoms with E-state index in [-0.39, 0.29) is 6.04 Å². The van der Waals surface area contributed by atoms with Crippen molar-refractivity contribution in [1.82, 2.24) is 0 Å². The highest BCUT2D eigenvalue weighted by Gasteiger charge is 2.40. The molecule has 1 aromatic rings. The summed E-state index contributed by atoms with van der Waals surface area (Å²) in [5.74, 6) is 3.94. The molecule has 1 aliphatic heterocycles. The van der Waals surface area contributed by atoms with Crippen LogP contribution in [-0.2, 0) is 6.42 Å². The number of benzene rings is 1. The van der Waals surface area contributed by atoms with E-state index in [2.05, 4.69) is 18.2 Å². The van der Waals surface area contributed by atoms with Crippen molar-refractivity contribution in [3.63, 3.8) is 0 Å². The third kappa shape index (κ3) is 1.97. The van der Waals surface area contributed by atoms with Gasteiger partial charge >= 0.3 is 0 Å². The van der Waals surface area contributed by atoms with Gasteiger partial charge in [0.05, 0.1) is 6.61 Å². The Labute approximate surface area is 115 Å². The first-order chi connectivity index (χ1) is 9.31. The van der Waals surface area contributed by atoms with E-state index in [0.29, 0.717) is 0 Å². The molecule has 4 atom stereocenters. The molecule has 19 heavy (non-hydrogen) atoms. The Bertz CT molecular complexity index is 484. The number of para-hydroxylation sites is 1. The van der Waals surface area contributed by atoms with Crippen LogP contribution in [0.25, 0.3) is 0 Å².